The molecule has 116 valence electrons. The van der Waals surface area contributed by atoms with Crippen LogP contribution >= 0.6 is 0 Å². The molecular weight excluding hydrogens is 308 g/mol. The number of nitrogens with zero attached hydrogens (tertiary/aromatic N) is 1. The number of non-ortho nitro benzene ring substituents is 1. The van der Waals surface area contributed by atoms with Crippen LogP contribution in [0.15, 0.2) is 41.3 Å². The van der Waals surface area contributed by atoms with Gasteiger partial charge < -0.3 is 5.11 Å². The molecule has 0 atom stereocenters. The predicted octanol–water partition coefficient (Wildman–Crippen LogP) is 2.72. The molecule has 0 unspecified atom stereocenters. The van der Waals surface area contributed by atoms with Gasteiger partial charge in [0.2, 0.25) is 0 Å². The van der Waals surface area contributed by atoms with E-state index in [9.17, 15) is 23.6 Å². The number of nitro groups is 1. The first-order valence-corrected chi connectivity index (χ1v) is 7.76. The molecule has 7 nitrogen and oxygen atoms in total. The molecule has 0 amide bonds. The quantitative estimate of drug-likeness (QED) is 0.511. The minimum absolute atomic E-state index is 0.0541. The SMILES string of the molecule is Cc1ccc(C)c(S(=O)(=O)Nc2cc([N+](=O)[O-])ccc2O)c1. The lowest BCUT2D eigenvalue weighted by Crippen LogP contribution is -2.14. The van der Waals surface area contributed by atoms with E-state index in [2.05, 4.69) is 4.72 Å². The number of rotatable bonds is 4. The largest absolute Gasteiger partial charge is 0.506 e. The second-order valence-corrected chi connectivity index (χ2v) is 6.48. The number of aryl methyl sites for hydroxylation is 2. The molecule has 0 bridgehead atoms. The van der Waals surface area contributed by atoms with Crippen LogP contribution in [0.4, 0.5) is 11.4 Å². The summed E-state index contributed by atoms with van der Waals surface area (Å²) in [5.41, 5.74) is 0.726. The van der Waals surface area contributed by atoms with Crippen LogP contribution < -0.4 is 4.72 Å². The third kappa shape index (κ3) is 3.17. The number of aromatic hydroxyl groups is 1. The van der Waals surface area contributed by atoms with E-state index in [1.807, 2.05) is 0 Å². The van der Waals surface area contributed by atoms with Crippen LogP contribution in [0.5, 0.6) is 5.75 Å². The van der Waals surface area contributed by atoms with E-state index in [0.29, 0.717) is 5.56 Å². The van der Waals surface area contributed by atoms with Crippen molar-refractivity contribution in [1.29, 1.82) is 0 Å². The molecule has 0 saturated carbocycles. The zero-order chi connectivity index (χ0) is 16.5. The Kier molecular flexibility index (Phi) is 4.05. The Bertz CT molecular complexity index is 846. The van der Waals surface area contributed by atoms with E-state index in [4.69, 9.17) is 0 Å². The summed E-state index contributed by atoms with van der Waals surface area (Å²) >= 11 is 0. The highest BCUT2D eigenvalue weighted by Gasteiger charge is 2.20. The van der Waals surface area contributed by atoms with Crippen LogP contribution in [-0.2, 0) is 10.0 Å². The molecule has 0 aliphatic carbocycles. The van der Waals surface area contributed by atoms with Crippen LogP contribution in [0.1, 0.15) is 11.1 Å². The third-order valence-corrected chi connectivity index (χ3v) is 4.58. The van der Waals surface area contributed by atoms with Gasteiger partial charge in [0, 0.05) is 12.1 Å². The Hall–Kier alpha value is -2.61. The van der Waals surface area contributed by atoms with Crippen LogP contribution in [0, 0.1) is 24.0 Å². The molecular formula is C14H14N2O5S. The molecule has 0 saturated heterocycles. The average molecular weight is 322 g/mol. The summed E-state index contributed by atoms with van der Waals surface area (Å²) in [4.78, 5) is 10.1. The van der Waals surface area contributed by atoms with Gasteiger partial charge in [-0.3, -0.25) is 14.8 Å². The number of anilines is 1. The molecule has 0 aliphatic heterocycles. The lowest BCUT2D eigenvalue weighted by Gasteiger charge is -2.12. The number of sulfonamides is 1. The zero-order valence-corrected chi connectivity index (χ0v) is 12.7. The van der Waals surface area contributed by atoms with Crippen molar-refractivity contribution in [1.82, 2.24) is 0 Å². The maximum atomic E-state index is 12.4. The van der Waals surface area contributed by atoms with E-state index in [-0.39, 0.29) is 22.0 Å². The summed E-state index contributed by atoms with van der Waals surface area (Å²) < 4.78 is 27.0. The predicted molar refractivity (Wildman–Crippen MR) is 81.5 cm³/mol. The molecule has 0 aromatic heterocycles. The summed E-state index contributed by atoms with van der Waals surface area (Å²) in [7, 11) is -3.96. The van der Waals surface area contributed by atoms with E-state index < -0.39 is 14.9 Å². The minimum Gasteiger partial charge on any atom is -0.506 e. The summed E-state index contributed by atoms with van der Waals surface area (Å²) in [6.45, 7) is 3.39. The highest BCUT2D eigenvalue weighted by atomic mass is 32.2. The fourth-order valence-corrected chi connectivity index (χ4v) is 3.31. The molecule has 2 aromatic rings. The zero-order valence-electron chi connectivity index (χ0n) is 11.9. The number of phenols is 1. The summed E-state index contributed by atoms with van der Waals surface area (Å²) in [6, 6.07) is 8.06. The fraction of sp³-hybridized carbons (Fsp3) is 0.143. The number of hydrogen-bond acceptors (Lipinski definition) is 5. The van der Waals surface area contributed by atoms with Gasteiger partial charge in [0.15, 0.2) is 0 Å². The molecule has 0 radical (unpaired) electrons. The Labute approximate surface area is 127 Å². The van der Waals surface area contributed by atoms with E-state index >= 15 is 0 Å². The van der Waals surface area contributed by atoms with Crippen molar-refractivity contribution in [2.24, 2.45) is 0 Å². The Morgan fingerprint density at radius 2 is 1.82 bits per heavy atom. The number of benzene rings is 2. The van der Waals surface area contributed by atoms with Gasteiger partial charge in [-0.2, -0.15) is 0 Å². The number of nitrogens with one attached hydrogen (secondary N) is 1. The molecule has 8 heteroatoms. The van der Waals surface area contributed by atoms with Crippen molar-refractivity contribution < 1.29 is 18.4 Å². The summed E-state index contributed by atoms with van der Waals surface area (Å²) in [5.74, 6) is -0.389. The van der Waals surface area contributed by atoms with Crippen molar-refractivity contribution >= 4 is 21.4 Å². The van der Waals surface area contributed by atoms with Gasteiger partial charge in [-0.25, -0.2) is 8.42 Å². The highest BCUT2D eigenvalue weighted by Crippen LogP contribution is 2.30. The Morgan fingerprint density at radius 3 is 2.45 bits per heavy atom. The van der Waals surface area contributed by atoms with E-state index in [1.165, 1.54) is 6.07 Å². The van der Waals surface area contributed by atoms with Gasteiger partial charge in [-0.15, -0.1) is 0 Å². The van der Waals surface area contributed by atoms with Crippen molar-refractivity contribution in [2.45, 2.75) is 18.7 Å². The molecule has 0 heterocycles. The monoisotopic (exact) mass is 322 g/mol. The van der Waals surface area contributed by atoms with Crippen LogP contribution in [-0.4, -0.2) is 18.4 Å². The highest BCUT2D eigenvalue weighted by molar-refractivity contribution is 7.92. The van der Waals surface area contributed by atoms with Crippen molar-refractivity contribution in [3.8, 4) is 5.75 Å². The Morgan fingerprint density at radius 1 is 1.14 bits per heavy atom. The Balaban J connectivity index is 2.47. The first-order valence-electron chi connectivity index (χ1n) is 6.28. The normalized spacial score (nSPS) is 11.2. The standard InChI is InChI=1S/C14H14N2O5S/c1-9-3-4-10(2)14(7-9)22(20,21)15-12-8-11(16(18)19)5-6-13(12)17/h3-8,15,17H,1-2H3. The van der Waals surface area contributed by atoms with Crippen molar-refractivity contribution in [2.75, 3.05) is 4.72 Å². The maximum absolute atomic E-state index is 12.4. The number of phenolic OH excluding ortho intramolecular Hbond substituents is 1. The number of hydrogen-bond donors (Lipinski definition) is 2. The van der Waals surface area contributed by atoms with E-state index in [1.54, 1.807) is 26.0 Å². The van der Waals surface area contributed by atoms with Gasteiger partial charge in [0.1, 0.15) is 5.75 Å². The van der Waals surface area contributed by atoms with Crippen LogP contribution in [0.3, 0.4) is 0 Å². The van der Waals surface area contributed by atoms with Gasteiger partial charge in [-0.05, 0) is 37.1 Å². The van der Waals surface area contributed by atoms with Crippen LogP contribution in [0.2, 0.25) is 0 Å². The lowest BCUT2D eigenvalue weighted by atomic mass is 10.2. The summed E-state index contributed by atoms with van der Waals surface area (Å²) in [6.07, 6.45) is 0. The molecule has 2 rings (SSSR count). The molecule has 2 aromatic carbocycles. The van der Waals surface area contributed by atoms with Crippen molar-refractivity contribution in [3.63, 3.8) is 0 Å². The van der Waals surface area contributed by atoms with Gasteiger partial charge in [-0.1, -0.05) is 12.1 Å². The average Bonchev–Trinajstić information content (AvgIpc) is 2.43. The first-order chi connectivity index (χ1) is 10.2. The minimum atomic E-state index is -3.96. The topological polar surface area (TPSA) is 110 Å². The molecule has 0 aliphatic rings. The molecule has 0 fully saturated rings. The van der Waals surface area contributed by atoms with E-state index in [0.717, 1.165) is 23.8 Å². The molecule has 0 spiro atoms. The maximum Gasteiger partial charge on any atom is 0.271 e. The summed E-state index contributed by atoms with van der Waals surface area (Å²) in [5, 5.41) is 20.4. The van der Waals surface area contributed by atoms with Crippen molar-refractivity contribution in [3.05, 3.63) is 57.6 Å². The second kappa shape index (κ2) is 5.64. The van der Waals surface area contributed by atoms with Gasteiger partial charge >= 0.3 is 0 Å². The fourth-order valence-electron chi connectivity index (χ4n) is 1.92. The molecule has 2 N–H and O–H groups in total. The smallest absolute Gasteiger partial charge is 0.271 e. The second-order valence-electron chi connectivity index (χ2n) is 4.83. The van der Waals surface area contributed by atoms with Gasteiger partial charge in [0.05, 0.1) is 15.5 Å². The van der Waals surface area contributed by atoms with Crippen LogP contribution in [0.25, 0.3) is 0 Å². The first kappa shape index (κ1) is 15.8. The van der Waals surface area contributed by atoms with Gasteiger partial charge in [0.25, 0.3) is 15.7 Å². The third-order valence-electron chi connectivity index (χ3n) is 3.07. The lowest BCUT2D eigenvalue weighted by molar-refractivity contribution is -0.384. The number of nitro benzene ring substituents is 1. The molecule has 22 heavy (non-hydrogen) atoms.